The molecule has 0 bridgehead atoms. The lowest BCUT2D eigenvalue weighted by Crippen LogP contribution is -2.41. The van der Waals surface area contributed by atoms with Gasteiger partial charge in [0.25, 0.3) is 0 Å². The van der Waals surface area contributed by atoms with Gasteiger partial charge in [0.1, 0.15) is 0 Å². The number of amides is 1. The van der Waals surface area contributed by atoms with Crippen LogP contribution in [-0.4, -0.2) is 19.1 Å². The molecular formula is C17H16ClNO3S. The van der Waals surface area contributed by atoms with Crippen molar-refractivity contribution < 1.29 is 13.2 Å². The van der Waals surface area contributed by atoms with Crippen LogP contribution in [0.15, 0.2) is 59.5 Å². The van der Waals surface area contributed by atoms with Crippen molar-refractivity contribution >= 4 is 27.3 Å². The van der Waals surface area contributed by atoms with Gasteiger partial charge in [0.15, 0.2) is 14.6 Å². The van der Waals surface area contributed by atoms with Gasteiger partial charge in [0, 0.05) is 11.6 Å². The van der Waals surface area contributed by atoms with Crippen LogP contribution in [0, 0.1) is 0 Å². The number of halogens is 1. The summed E-state index contributed by atoms with van der Waals surface area (Å²) >= 11 is 5.80. The molecule has 0 spiro atoms. The molecule has 0 radical (unpaired) electrons. The lowest BCUT2D eigenvalue weighted by Gasteiger charge is -2.16. The average molecular weight is 350 g/mol. The van der Waals surface area contributed by atoms with E-state index in [2.05, 4.69) is 5.32 Å². The fourth-order valence-corrected chi connectivity index (χ4v) is 4.54. The molecule has 1 aliphatic rings. The van der Waals surface area contributed by atoms with Crippen molar-refractivity contribution in [2.45, 2.75) is 29.0 Å². The van der Waals surface area contributed by atoms with Crippen LogP contribution in [-0.2, 0) is 21.2 Å². The molecule has 0 unspecified atom stereocenters. The van der Waals surface area contributed by atoms with Gasteiger partial charge in [0.2, 0.25) is 5.91 Å². The van der Waals surface area contributed by atoms with Crippen molar-refractivity contribution in [1.29, 1.82) is 0 Å². The highest BCUT2D eigenvalue weighted by molar-refractivity contribution is 7.94. The lowest BCUT2D eigenvalue weighted by atomic mass is 10.2. The predicted molar refractivity (Wildman–Crippen MR) is 88.9 cm³/mol. The van der Waals surface area contributed by atoms with Gasteiger partial charge in [-0.2, -0.15) is 0 Å². The largest absolute Gasteiger partial charge is 0.351 e. The maximum atomic E-state index is 12.8. The molecular weight excluding hydrogens is 334 g/mol. The van der Waals surface area contributed by atoms with Crippen molar-refractivity contribution in [2.24, 2.45) is 0 Å². The Morgan fingerprint density at radius 2 is 1.65 bits per heavy atom. The minimum atomic E-state index is -3.72. The molecule has 0 atom stereocenters. The summed E-state index contributed by atoms with van der Waals surface area (Å²) in [6, 6.07) is 15.3. The van der Waals surface area contributed by atoms with Gasteiger partial charge in [-0.1, -0.05) is 41.9 Å². The van der Waals surface area contributed by atoms with Gasteiger partial charge in [-0.05, 0) is 42.7 Å². The number of sulfone groups is 1. The second-order valence-corrected chi connectivity index (χ2v) is 8.32. The second-order valence-electron chi connectivity index (χ2n) is 5.62. The molecule has 23 heavy (non-hydrogen) atoms. The lowest BCUT2D eigenvalue weighted by molar-refractivity contribution is -0.121. The highest BCUT2D eigenvalue weighted by atomic mass is 35.5. The Balaban J connectivity index is 1.78. The van der Waals surface area contributed by atoms with E-state index in [9.17, 15) is 13.2 Å². The molecule has 1 N–H and O–H groups in total. The maximum Gasteiger partial charge on any atom is 0.242 e. The molecule has 2 aromatic rings. The summed E-state index contributed by atoms with van der Waals surface area (Å²) in [6.45, 7) is 0.317. The third-order valence-corrected chi connectivity index (χ3v) is 6.82. The van der Waals surface area contributed by atoms with Crippen LogP contribution in [0.1, 0.15) is 18.4 Å². The second kappa shape index (κ2) is 5.98. The number of hydrogen-bond acceptors (Lipinski definition) is 3. The van der Waals surface area contributed by atoms with Crippen LogP contribution >= 0.6 is 11.6 Å². The molecule has 1 aliphatic carbocycles. The third-order valence-electron chi connectivity index (χ3n) is 4.05. The number of carbonyl (C=O) groups excluding carboxylic acids is 1. The Kier molecular flexibility index (Phi) is 4.17. The first-order chi connectivity index (χ1) is 11.0. The highest BCUT2D eigenvalue weighted by Crippen LogP contribution is 2.47. The zero-order valence-corrected chi connectivity index (χ0v) is 13.9. The summed E-state index contributed by atoms with van der Waals surface area (Å²) in [6.07, 6.45) is 0.692. The number of hydrogen-bond donors (Lipinski definition) is 1. The van der Waals surface area contributed by atoms with Crippen LogP contribution in [0.3, 0.4) is 0 Å². The summed E-state index contributed by atoms with van der Waals surface area (Å²) in [4.78, 5) is 12.6. The van der Waals surface area contributed by atoms with Gasteiger partial charge in [-0.3, -0.25) is 4.79 Å². The molecule has 120 valence electrons. The topological polar surface area (TPSA) is 63.2 Å². The van der Waals surface area contributed by atoms with Crippen LogP contribution in [0.25, 0.3) is 0 Å². The number of carbonyl (C=O) groups is 1. The first-order valence-corrected chi connectivity index (χ1v) is 9.14. The SMILES string of the molecule is O=C(NCc1ccccc1)C1(S(=O)(=O)c2ccc(Cl)cc2)CC1. The fraction of sp³-hybridized carbons (Fsp3) is 0.235. The highest BCUT2D eigenvalue weighted by Gasteiger charge is 2.61. The van der Waals surface area contributed by atoms with Gasteiger partial charge >= 0.3 is 0 Å². The zero-order valence-electron chi connectivity index (χ0n) is 12.3. The quantitative estimate of drug-likeness (QED) is 0.902. The summed E-state index contributed by atoms with van der Waals surface area (Å²) in [7, 11) is -3.72. The van der Waals surface area contributed by atoms with E-state index in [1.165, 1.54) is 24.3 Å². The standard InChI is InChI=1S/C17H16ClNO3S/c18-14-6-8-15(9-7-14)23(21,22)17(10-11-17)16(20)19-12-13-4-2-1-3-5-13/h1-9H,10-12H2,(H,19,20). The average Bonchev–Trinajstić information content (AvgIpc) is 3.36. The van der Waals surface area contributed by atoms with Gasteiger partial charge < -0.3 is 5.32 Å². The molecule has 0 heterocycles. The van der Waals surface area contributed by atoms with Crippen molar-refractivity contribution in [3.05, 3.63) is 65.2 Å². The van der Waals surface area contributed by atoms with Crippen LogP contribution in [0.4, 0.5) is 0 Å². The van der Waals surface area contributed by atoms with Crippen LogP contribution in [0.5, 0.6) is 0 Å². The maximum absolute atomic E-state index is 12.8. The van der Waals surface area contributed by atoms with Crippen LogP contribution < -0.4 is 5.32 Å². The zero-order chi connectivity index (χ0) is 16.5. The monoisotopic (exact) mass is 349 g/mol. The molecule has 0 aromatic heterocycles. The smallest absolute Gasteiger partial charge is 0.242 e. The molecule has 1 amide bonds. The van der Waals surface area contributed by atoms with Crippen molar-refractivity contribution in [3.63, 3.8) is 0 Å². The first-order valence-electron chi connectivity index (χ1n) is 7.28. The first kappa shape index (κ1) is 16.0. The predicted octanol–water partition coefficient (Wildman–Crippen LogP) is 2.96. The molecule has 1 saturated carbocycles. The minimum absolute atomic E-state index is 0.134. The normalized spacial score (nSPS) is 15.9. The fourth-order valence-electron chi connectivity index (χ4n) is 2.51. The van der Waals surface area contributed by atoms with Gasteiger partial charge in [-0.25, -0.2) is 8.42 Å². The van der Waals surface area contributed by atoms with Gasteiger partial charge in [-0.15, -0.1) is 0 Å². The van der Waals surface area contributed by atoms with E-state index in [0.717, 1.165) is 5.56 Å². The van der Waals surface area contributed by atoms with Crippen molar-refractivity contribution in [1.82, 2.24) is 5.32 Å². The molecule has 1 fully saturated rings. The van der Waals surface area contributed by atoms with E-state index >= 15 is 0 Å². The van der Waals surface area contributed by atoms with E-state index in [0.29, 0.717) is 24.4 Å². The Morgan fingerprint density at radius 1 is 1.04 bits per heavy atom. The van der Waals surface area contributed by atoms with Crippen LogP contribution in [0.2, 0.25) is 5.02 Å². The van der Waals surface area contributed by atoms with Crippen molar-refractivity contribution in [3.8, 4) is 0 Å². The van der Waals surface area contributed by atoms with Gasteiger partial charge in [0.05, 0.1) is 4.90 Å². The number of rotatable bonds is 5. The number of benzene rings is 2. The molecule has 0 saturated heterocycles. The summed E-state index contributed by atoms with van der Waals surface area (Å²) in [5.74, 6) is -0.434. The molecule has 2 aromatic carbocycles. The summed E-state index contributed by atoms with van der Waals surface area (Å²) in [5.41, 5.74) is 0.931. The Bertz CT molecular complexity index is 813. The summed E-state index contributed by atoms with van der Waals surface area (Å²) < 4.78 is 24.2. The molecule has 0 aliphatic heterocycles. The summed E-state index contributed by atoms with van der Waals surface area (Å²) in [5, 5.41) is 3.21. The molecule has 6 heteroatoms. The van der Waals surface area contributed by atoms with E-state index in [1.54, 1.807) is 0 Å². The van der Waals surface area contributed by atoms with E-state index in [-0.39, 0.29) is 4.90 Å². The third kappa shape index (κ3) is 2.99. The number of nitrogens with one attached hydrogen (secondary N) is 1. The van der Waals surface area contributed by atoms with E-state index in [4.69, 9.17) is 11.6 Å². The Hall–Kier alpha value is -1.85. The molecule has 3 rings (SSSR count). The Labute approximate surface area is 140 Å². The van der Waals surface area contributed by atoms with E-state index < -0.39 is 20.5 Å². The minimum Gasteiger partial charge on any atom is -0.351 e. The molecule has 4 nitrogen and oxygen atoms in total. The Morgan fingerprint density at radius 3 is 2.22 bits per heavy atom. The van der Waals surface area contributed by atoms with E-state index in [1.807, 2.05) is 30.3 Å². The van der Waals surface area contributed by atoms with Crippen molar-refractivity contribution in [2.75, 3.05) is 0 Å².